The number of alkyl halides is 2. The first kappa shape index (κ1) is 13.4. The topological polar surface area (TPSA) is 32.3 Å². The van der Waals surface area contributed by atoms with Crippen LogP contribution in [0.25, 0.3) is 0 Å². The van der Waals surface area contributed by atoms with Crippen LogP contribution in [-0.2, 0) is 4.79 Å². The maximum absolute atomic E-state index is 12.0. The first-order valence-electron chi connectivity index (χ1n) is 5.85. The van der Waals surface area contributed by atoms with Gasteiger partial charge in [0.05, 0.1) is 6.54 Å². The first-order valence-corrected chi connectivity index (χ1v) is 5.85. The van der Waals surface area contributed by atoms with E-state index >= 15 is 0 Å². The Balaban J connectivity index is 2.17. The molecule has 0 aromatic rings. The number of piperidine rings is 1. The third-order valence-corrected chi connectivity index (χ3v) is 2.96. The normalized spacial score (nSPS) is 21.1. The van der Waals surface area contributed by atoms with E-state index in [0.29, 0.717) is 12.5 Å². The van der Waals surface area contributed by atoms with E-state index < -0.39 is 13.0 Å². The Morgan fingerprint density at radius 1 is 1.50 bits per heavy atom. The molecule has 1 aliphatic rings. The largest absolute Gasteiger partial charge is 0.340 e. The van der Waals surface area contributed by atoms with E-state index in [-0.39, 0.29) is 5.91 Å². The number of hydrogen-bond donors (Lipinski definition) is 1. The Morgan fingerprint density at radius 3 is 2.81 bits per heavy atom. The van der Waals surface area contributed by atoms with Gasteiger partial charge in [0.25, 0.3) is 6.43 Å². The van der Waals surface area contributed by atoms with E-state index in [1.54, 1.807) is 0 Å². The molecule has 0 bridgehead atoms. The molecule has 1 amide bonds. The zero-order chi connectivity index (χ0) is 12.0. The number of rotatable bonds is 5. The summed E-state index contributed by atoms with van der Waals surface area (Å²) in [7, 11) is 1.43. The molecular weight excluding hydrogens is 214 g/mol. The van der Waals surface area contributed by atoms with Crippen LogP contribution in [0, 0.1) is 0 Å². The van der Waals surface area contributed by atoms with Crippen molar-refractivity contribution >= 4 is 5.91 Å². The number of halogens is 2. The Kier molecular flexibility index (Phi) is 5.66. The maximum Gasteiger partial charge on any atom is 0.255 e. The Morgan fingerprint density at radius 2 is 2.25 bits per heavy atom. The zero-order valence-electron chi connectivity index (χ0n) is 9.72. The van der Waals surface area contributed by atoms with Crippen LogP contribution in [-0.4, -0.2) is 43.4 Å². The summed E-state index contributed by atoms with van der Waals surface area (Å²) in [6.07, 6.45) is 2.15. The molecular formula is C11H20F2N2O. The predicted octanol–water partition coefficient (Wildman–Crippen LogP) is 1.63. The van der Waals surface area contributed by atoms with Gasteiger partial charge in [0.1, 0.15) is 0 Å². The lowest BCUT2D eigenvalue weighted by Gasteiger charge is -2.24. The average Bonchev–Trinajstić information content (AvgIpc) is 2.26. The highest BCUT2D eigenvalue weighted by Gasteiger charge is 2.17. The van der Waals surface area contributed by atoms with Crippen molar-refractivity contribution < 1.29 is 13.6 Å². The number of carbonyl (C=O) groups is 1. The van der Waals surface area contributed by atoms with Gasteiger partial charge in [0.2, 0.25) is 5.91 Å². The van der Waals surface area contributed by atoms with E-state index in [4.69, 9.17) is 0 Å². The lowest BCUT2D eigenvalue weighted by molar-refractivity contribution is -0.131. The monoisotopic (exact) mass is 234 g/mol. The molecule has 0 saturated carbocycles. The van der Waals surface area contributed by atoms with Crippen molar-refractivity contribution in [1.82, 2.24) is 10.2 Å². The zero-order valence-corrected chi connectivity index (χ0v) is 9.72. The van der Waals surface area contributed by atoms with Crippen molar-refractivity contribution in [2.75, 3.05) is 20.1 Å². The molecule has 1 N–H and O–H groups in total. The highest BCUT2D eigenvalue weighted by atomic mass is 19.3. The molecule has 1 fully saturated rings. The van der Waals surface area contributed by atoms with Gasteiger partial charge >= 0.3 is 0 Å². The van der Waals surface area contributed by atoms with Crippen molar-refractivity contribution in [3.63, 3.8) is 0 Å². The second kappa shape index (κ2) is 6.78. The molecule has 1 atom stereocenters. The van der Waals surface area contributed by atoms with Gasteiger partial charge in [0.15, 0.2) is 0 Å². The number of hydrogen-bond acceptors (Lipinski definition) is 2. The lowest BCUT2D eigenvalue weighted by atomic mass is 10.0. The van der Waals surface area contributed by atoms with Crippen molar-refractivity contribution in [3.05, 3.63) is 0 Å². The molecule has 94 valence electrons. The summed E-state index contributed by atoms with van der Waals surface area (Å²) in [4.78, 5) is 12.6. The van der Waals surface area contributed by atoms with Crippen molar-refractivity contribution in [2.45, 2.75) is 44.6 Å². The summed E-state index contributed by atoms with van der Waals surface area (Å²) < 4.78 is 24.1. The van der Waals surface area contributed by atoms with Crippen LogP contribution in [0.4, 0.5) is 8.78 Å². The molecule has 0 aromatic heterocycles. The average molecular weight is 234 g/mol. The molecule has 0 aromatic carbocycles. The van der Waals surface area contributed by atoms with Crippen LogP contribution in [0.5, 0.6) is 0 Å². The van der Waals surface area contributed by atoms with Crippen LogP contribution in [0.2, 0.25) is 0 Å². The minimum Gasteiger partial charge on any atom is -0.340 e. The van der Waals surface area contributed by atoms with Crippen molar-refractivity contribution in [2.24, 2.45) is 0 Å². The third-order valence-electron chi connectivity index (χ3n) is 2.96. The van der Waals surface area contributed by atoms with Crippen LogP contribution in [0.15, 0.2) is 0 Å². The highest BCUT2D eigenvalue weighted by molar-refractivity contribution is 5.75. The van der Waals surface area contributed by atoms with Gasteiger partial charge < -0.3 is 10.2 Å². The van der Waals surface area contributed by atoms with E-state index in [2.05, 4.69) is 5.32 Å². The fraction of sp³-hybridized carbons (Fsp3) is 0.909. The van der Waals surface area contributed by atoms with Crippen LogP contribution in [0.1, 0.15) is 32.1 Å². The Hall–Kier alpha value is -0.710. The van der Waals surface area contributed by atoms with Gasteiger partial charge in [-0.25, -0.2) is 8.78 Å². The number of carbonyl (C=O) groups excluding carboxylic acids is 1. The standard InChI is InChI=1S/C11H20F2N2O/c1-15(8-10(12)13)11(16)6-5-9-4-2-3-7-14-9/h9-10,14H,2-8H2,1H3. The number of nitrogens with zero attached hydrogens (tertiary/aromatic N) is 1. The molecule has 5 heteroatoms. The summed E-state index contributed by atoms with van der Waals surface area (Å²) in [6, 6.07) is 0.387. The van der Waals surface area contributed by atoms with E-state index in [9.17, 15) is 13.6 Å². The van der Waals surface area contributed by atoms with Crippen molar-refractivity contribution in [1.29, 1.82) is 0 Å². The molecule has 1 aliphatic heterocycles. The molecule has 0 radical (unpaired) electrons. The molecule has 1 unspecified atom stereocenters. The molecule has 3 nitrogen and oxygen atoms in total. The molecule has 0 spiro atoms. The summed E-state index contributed by atoms with van der Waals surface area (Å²) in [5.41, 5.74) is 0. The first-order chi connectivity index (χ1) is 7.59. The second-order valence-electron chi connectivity index (χ2n) is 4.35. The maximum atomic E-state index is 12.0. The SMILES string of the molecule is CN(CC(F)F)C(=O)CCC1CCCCN1. The van der Waals surface area contributed by atoms with E-state index in [1.165, 1.54) is 19.9 Å². The fourth-order valence-electron chi connectivity index (χ4n) is 1.97. The summed E-state index contributed by atoms with van der Waals surface area (Å²) >= 11 is 0. The van der Waals surface area contributed by atoms with E-state index in [0.717, 1.165) is 24.3 Å². The van der Waals surface area contributed by atoms with Crippen molar-refractivity contribution in [3.8, 4) is 0 Å². The number of amides is 1. The Bertz CT molecular complexity index is 218. The third kappa shape index (κ3) is 4.88. The highest BCUT2D eigenvalue weighted by Crippen LogP contribution is 2.12. The van der Waals surface area contributed by atoms with Gasteiger partial charge in [-0.2, -0.15) is 0 Å². The minimum absolute atomic E-state index is 0.187. The van der Waals surface area contributed by atoms with Gasteiger partial charge in [-0.15, -0.1) is 0 Å². The molecule has 1 heterocycles. The molecule has 1 rings (SSSR count). The van der Waals surface area contributed by atoms with Crippen LogP contribution < -0.4 is 5.32 Å². The summed E-state index contributed by atoms with van der Waals surface area (Å²) in [5.74, 6) is -0.187. The van der Waals surface area contributed by atoms with E-state index in [1.807, 2.05) is 0 Å². The predicted molar refractivity (Wildman–Crippen MR) is 58.5 cm³/mol. The van der Waals surface area contributed by atoms with Crippen LogP contribution >= 0.6 is 0 Å². The van der Waals surface area contributed by atoms with Crippen LogP contribution in [0.3, 0.4) is 0 Å². The summed E-state index contributed by atoms with van der Waals surface area (Å²) in [5, 5.41) is 3.34. The quantitative estimate of drug-likeness (QED) is 0.784. The molecule has 0 aliphatic carbocycles. The fourth-order valence-corrected chi connectivity index (χ4v) is 1.97. The Labute approximate surface area is 95.2 Å². The minimum atomic E-state index is -2.44. The second-order valence-corrected chi connectivity index (χ2v) is 4.35. The van der Waals surface area contributed by atoms with Gasteiger partial charge in [-0.1, -0.05) is 6.42 Å². The smallest absolute Gasteiger partial charge is 0.255 e. The summed E-state index contributed by atoms with van der Waals surface area (Å²) in [6.45, 7) is 0.544. The van der Waals surface area contributed by atoms with Gasteiger partial charge in [0, 0.05) is 19.5 Å². The molecule has 1 saturated heterocycles. The van der Waals surface area contributed by atoms with Gasteiger partial charge in [-0.05, 0) is 25.8 Å². The van der Waals surface area contributed by atoms with Gasteiger partial charge in [-0.3, -0.25) is 4.79 Å². The number of nitrogens with one attached hydrogen (secondary N) is 1. The lowest BCUT2D eigenvalue weighted by Crippen LogP contribution is -2.36. The molecule has 16 heavy (non-hydrogen) atoms.